The van der Waals surface area contributed by atoms with Crippen molar-refractivity contribution in [3.8, 4) is 5.75 Å². The maximum absolute atomic E-state index is 5.25. The van der Waals surface area contributed by atoms with Crippen LogP contribution in [0.2, 0.25) is 0 Å². The van der Waals surface area contributed by atoms with E-state index in [0.29, 0.717) is 6.04 Å². The molecule has 0 saturated heterocycles. The molecule has 5 heteroatoms. The van der Waals surface area contributed by atoms with Gasteiger partial charge >= 0.3 is 0 Å². The summed E-state index contributed by atoms with van der Waals surface area (Å²) in [6, 6.07) is 8.62. The quantitative estimate of drug-likeness (QED) is 0.700. The molecule has 0 aliphatic carbocycles. The fraction of sp³-hybridized carbons (Fsp3) is 0.312. The van der Waals surface area contributed by atoms with E-state index >= 15 is 0 Å². The SMILES string of the molecule is COc1ccc(C2CCN=C3C(Br)=CC(Br)=C(C)N32)cc1. The summed E-state index contributed by atoms with van der Waals surface area (Å²) in [7, 11) is 1.69. The Morgan fingerprint density at radius 2 is 1.95 bits per heavy atom. The van der Waals surface area contributed by atoms with Crippen LogP contribution in [0, 0.1) is 0 Å². The van der Waals surface area contributed by atoms with Gasteiger partial charge in [-0.15, -0.1) is 0 Å². The lowest BCUT2D eigenvalue weighted by Crippen LogP contribution is -2.39. The van der Waals surface area contributed by atoms with Crippen molar-refractivity contribution in [1.82, 2.24) is 4.90 Å². The zero-order chi connectivity index (χ0) is 15.0. The van der Waals surface area contributed by atoms with E-state index in [4.69, 9.17) is 4.74 Å². The number of methoxy groups -OCH3 is 1. The smallest absolute Gasteiger partial charge is 0.142 e. The van der Waals surface area contributed by atoms with E-state index in [0.717, 1.165) is 33.5 Å². The minimum absolute atomic E-state index is 0.303. The van der Waals surface area contributed by atoms with Crippen molar-refractivity contribution in [2.45, 2.75) is 19.4 Å². The lowest BCUT2D eigenvalue weighted by molar-refractivity contribution is 0.345. The number of fused-ring (bicyclic) bond motifs is 1. The van der Waals surface area contributed by atoms with Gasteiger partial charge in [0.15, 0.2) is 0 Å². The van der Waals surface area contributed by atoms with E-state index in [9.17, 15) is 0 Å². The number of allylic oxidation sites excluding steroid dienone is 3. The molecule has 110 valence electrons. The molecule has 1 aromatic carbocycles. The van der Waals surface area contributed by atoms with Gasteiger partial charge in [-0.1, -0.05) is 12.1 Å². The molecule has 0 saturated carbocycles. The number of benzene rings is 1. The average Bonchev–Trinajstić information content (AvgIpc) is 2.52. The molecular formula is C16H16Br2N2O. The Labute approximate surface area is 141 Å². The van der Waals surface area contributed by atoms with Gasteiger partial charge in [-0.25, -0.2) is 0 Å². The van der Waals surface area contributed by atoms with Crippen LogP contribution >= 0.6 is 31.9 Å². The number of hydrogen-bond donors (Lipinski definition) is 0. The summed E-state index contributed by atoms with van der Waals surface area (Å²) in [5.74, 6) is 1.90. The molecule has 0 spiro atoms. The van der Waals surface area contributed by atoms with Crippen LogP contribution in [0.25, 0.3) is 0 Å². The Morgan fingerprint density at radius 3 is 2.62 bits per heavy atom. The topological polar surface area (TPSA) is 24.8 Å². The predicted octanol–water partition coefficient (Wildman–Crippen LogP) is 4.76. The van der Waals surface area contributed by atoms with Crippen molar-refractivity contribution < 1.29 is 4.74 Å². The highest BCUT2D eigenvalue weighted by Gasteiger charge is 2.32. The third-order valence-electron chi connectivity index (χ3n) is 3.88. The highest BCUT2D eigenvalue weighted by atomic mass is 79.9. The summed E-state index contributed by atoms with van der Waals surface area (Å²) in [6.07, 6.45) is 3.08. The van der Waals surface area contributed by atoms with Crippen molar-refractivity contribution >= 4 is 37.7 Å². The predicted molar refractivity (Wildman–Crippen MR) is 93.1 cm³/mol. The highest BCUT2D eigenvalue weighted by molar-refractivity contribution is 9.12. The van der Waals surface area contributed by atoms with Gasteiger partial charge in [-0.05, 0) is 69.0 Å². The lowest BCUT2D eigenvalue weighted by atomic mass is 9.98. The molecule has 0 fully saturated rings. The van der Waals surface area contributed by atoms with E-state index in [1.807, 2.05) is 12.1 Å². The molecule has 2 heterocycles. The molecule has 0 amide bonds. The molecule has 0 aromatic heterocycles. The van der Waals surface area contributed by atoms with Gasteiger partial charge in [0, 0.05) is 16.7 Å². The Hall–Kier alpha value is -1.07. The van der Waals surface area contributed by atoms with Gasteiger partial charge in [0.2, 0.25) is 0 Å². The summed E-state index contributed by atoms with van der Waals surface area (Å²) >= 11 is 7.26. The van der Waals surface area contributed by atoms with E-state index in [1.165, 1.54) is 11.3 Å². The van der Waals surface area contributed by atoms with Gasteiger partial charge in [-0.3, -0.25) is 4.99 Å². The highest BCUT2D eigenvalue weighted by Crippen LogP contribution is 2.39. The summed E-state index contributed by atoms with van der Waals surface area (Å²) in [5.41, 5.74) is 2.47. The van der Waals surface area contributed by atoms with E-state index in [-0.39, 0.29) is 0 Å². The number of rotatable bonds is 2. The fourth-order valence-corrected chi connectivity index (χ4v) is 4.04. The number of amidine groups is 1. The average molecular weight is 412 g/mol. The first-order valence-corrected chi connectivity index (χ1v) is 8.42. The van der Waals surface area contributed by atoms with Crippen molar-refractivity contribution in [2.24, 2.45) is 4.99 Å². The Kier molecular flexibility index (Phi) is 4.22. The van der Waals surface area contributed by atoms with Crippen molar-refractivity contribution in [3.05, 3.63) is 50.6 Å². The van der Waals surface area contributed by atoms with Crippen LogP contribution in [0.3, 0.4) is 0 Å². The molecule has 2 aliphatic rings. The molecule has 21 heavy (non-hydrogen) atoms. The third-order valence-corrected chi connectivity index (χ3v) is 5.26. The van der Waals surface area contributed by atoms with Crippen LogP contribution in [0.15, 0.2) is 50.0 Å². The van der Waals surface area contributed by atoms with E-state index in [2.05, 4.69) is 66.9 Å². The van der Waals surface area contributed by atoms with Gasteiger partial charge in [-0.2, -0.15) is 0 Å². The maximum Gasteiger partial charge on any atom is 0.142 e. The van der Waals surface area contributed by atoms with Gasteiger partial charge < -0.3 is 9.64 Å². The molecule has 3 rings (SSSR count). The van der Waals surface area contributed by atoms with Gasteiger partial charge in [0.1, 0.15) is 11.6 Å². The number of hydrogen-bond acceptors (Lipinski definition) is 3. The molecule has 3 nitrogen and oxygen atoms in total. The molecule has 0 N–H and O–H groups in total. The summed E-state index contributed by atoms with van der Waals surface area (Å²) in [4.78, 5) is 6.98. The summed E-state index contributed by atoms with van der Waals surface area (Å²) in [6.45, 7) is 2.97. The summed E-state index contributed by atoms with van der Waals surface area (Å²) < 4.78 is 7.37. The first-order chi connectivity index (χ1) is 10.1. The van der Waals surface area contributed by atoms with Crippen LogP contribution in [0.4, 0.5) is 0 Å². The number of ether oxygens (including phenoxy) is 1. The Balaban J connectivity index is 2.00. The van der Waals surface area contributed by atoms with Crippen LogP contribution in [-0.4, -0.2) is 24.4 Å². The van der Waals surface area contributed by atoms with Crippen molar-refractivity contribution in [1.29, 1.82) is 0 Å². The van der Waals surface area contributed by atoms with Gasteiger partial charge in [0.25, 0.3) is 0 Å². The molecule has 0 bridgehead atoms. The first-order valence-electron chi connectivity index (χ1n) is 6.83. The lowest BCUT2D eigenvalue weighted by Gasteiger charge is -2.40. The fourth-order valence-electron chi connectivity index (χ4n) is 2.77. The zero-order valence-electron chi connectivity index (χ0n) is 11.9. The molecular weight excluding hydrogens is 396 g/mol. The van der Waals surface area contributed by atoms with Crippen LogP contribution in [0.1, 0.15) is 24.9 Å². The molecule has 2 aliphatic heterocycles. The Bertz CT molecular complexity index is 647. The second-order valence-electron chi connectivity index (χ2n) is 5.08. The Morgan fingerprint density at radius 1 is 1.24 bits per heavy atom. The summed E-state index contributed by atoms with van der Waals surface area (Å²) in [5, 5.41) is 0. The van der Waals surface area contributed by atoms with Crippen molar-refractivity contribution in [2.75, 3.05) is 13.7 Å². The minimum Gasteiger partial charge on any atom is -0.497 e. The van der Waals surface area contributed by atoms with Crippen LogP contribution in [0.5, 0.6) is 5.75 Å². The number of aliphatic imine (C=N–C) groups is 1. The third kappa shape index (κ3) is 2.69. The van der Waals surface area contributed by atoms with Crippen LogP contribution < -0.4 is 4.74 Å². The monoisotopic (exact) mass is 410 g/mol. The number of nitrogens with zero attached hydrogens (tertiary/aromatic N) is 2. The normalized spacial score (nSPS) is 21.7. The minimum atomic E-state index is 0.303. The second-order valence-corrected chi connectivity index (χ2v) is 6.79. The molecule has 0 radical (unpaired) electrons. The maximum atomic E-state index is 5.25. The second kappa shape index (κ2) is 5.97. The van der Waals surface area contributed by atoms with E-state index < -0.39 is 0 Å². The first kappa shape index (κ1) is 14.9. The number of halogens is 2. The van der Waals surface area contributed by atoms with Crippen LogP contribution in [-0.2, 0) is 0 Å². The zero-order valence-corrected chi connectivity index (χ0v) is 15.1. The van der Waals surface area contributed by atoms with Crippen molar-refractivity contribution in [3.63, 3.8) is 0 Å². The molecule has 1 unspecified atom stereocenters. The largest absolute Gasteiger partial charge is 0.497 e. The van der Waals surface area contributed by atoms with Gasteiger partial charge in [0.05, 0.1) is 17.6 Å². The molecule has 1 atom stereocenters. The van der Waals surface area contributed by atoms with E-state index in [1.54, 1.807) is 7.11 Å². The standard InChI is InChI=1S/C16H16Br2N2O/c1-10-13(17)9-14(18)16-19-8-7-15(20(10)16)11-3-5-12(21-2)6-4-11/h3-6,9,15H,7-8H2,1-2H3. The molecule has 1 aromatic rings.